The number of rotatable bonds is 8. The molecule has 6 heteroatoms. The second kappa shape index (κ2) is 8.64. The van der Waals surface area contributed by atoms with Crippen molar-refractivity contribution in [1.82, 2.24) is 9.34 Å². The van der Waals surface area contributed by atoms with Crippen LogP contribution in [0.5, 0.6) is 0 Å². The second-order valence-corrected chi connectivity index (χ2v) is 9.79. The molecule has 0 amide bonds. The fraction of sp³-hybridized carbons (Fsp3) is 0.647. The summed E-state index contributed by atoms with van der Waals surface area (Å²) >= 11 is 5.97. The lowest BCUT2D eigenvalue weighted by Gasteiger charge is -2.37. The summed E-state index contributed by atoms with van der Waals surface area (Å²) in [7, 11) is -0.135. The summed E-state index contributed by atoms with van der Waals surface area (Å²) in [5.41, 5.74) is 1.01. The molecule has 2 atom stereocenters. The molecule has 1 rings (SSSR count). The van der Waals surface area contributed by atoms with Crippen LogP contribution in [0.2, 0.25) is 5.02 Å². The van der Waals surface area contributed by atoms with Crippen molar-refractivity contribution in [2.24, 2.45) is 11.8 Å². The van der Waals surface area contributed by atoms with E-state index in [1.165, 1.54) is 0 Å². The summed E-state index contributed by atoms with van der Waals surface area (Å²) in [6, 6.07) is 7.41. The third-order valence-electron chi connectivity index (χ3n) is 3.89. The van der Waals surface area contributed by atoms with Gasteiger partial charge >= 0.3 is 7.67 Å². The molecule has 23 heavy (non-hydrogen) atoms. The first-order valence-electron chi connectivity index (χ1n) is 8.08. The molecule has 0 aliphatic heterocycles. The number of nitrogens with zero attached hydrogens (tertiary/aromatic N) is 2. The zero-order chi connectivity index (χ0) is 17.8. The van der Waals surface area contributed by atoms with Crippen LogP contribution in [0.3, 0.4) is 0 Å². The Morgan fingerprint density at radius 3 is 2.04 bits per heavy atom. The molecule has 0 aliphatic rings. The molecule has 0 radical (unpaired) electrons. The molecule has 0 spiro atoms. The largest absolute Gasteiger partial charge is 0.343 e. The predicted octanol–water partition coefficient (Wildman–Crippen LogP) is 5.05. The molecule has 0 aliphatic carbocycles. The van der Waals surface area contributed by atoms with E-state index >= 15 is 0 Å². The van der Waals surface area contributed by atoms with E-state index in [-0.39, 0.29) is 6.04 Å². The number of hydrogen-bond acceptors (Lipinski definition) is 1. The topological polar surface area (TPSA) is 43.8 Å². The van der Waals surface area contributed by atoms with Crippen molar-refractivity contribution in [2.45, 2.75) is 40.2 Å². The van der Waals surface area contributed by atoms with Gasteiger partial charge in [-0.3, -0.25) is 4.57 Å². The number of hydrogen-bond donors (Lipinski definition) is 1. The summed E-state index contributed by atoms with van der Waals surface area (Å²) in [6.07, 6.45) is 0.804. The zero-order valence-corrected chi connectivity index (χ0v) is 16.7. The first-order valence-corrected chi connectivity index (χ1v) is 10.0. The van der Waals surface area contributed by atoms with Crippen molar-refractivity contribution in [3.05, 3.63) is 34.9 Å². The van der Waals surface area contributed by atoms with E-state index in [2.05, 4.69) is 13.8 Å². The van der Waals surface area contributed by atoms with Gasteiger partial charge in [0.15, 0.2) is 0 Å². The Labute approximate surface area is 146 Å². The number of benzene rings is 1. The van der Waals surface area contributed by atoms with Crippen LogP contribution in [0.4, 0.5) is 0 Å². The van der Waals surface area contributed by atoms with E-state index < -0.39 is 7.67 Å². The Bertz CT molecular complexity index is 534. The van der Waals surface area contributed by atoms with Crippen molar-refractivity contribution in [2.75, 3.05) is 20.6 Å². The Morgan fingerprint density at radius 1 is 1.09 bits per heavy atom. The van der Waals surface area contributed by atoms with Gasteiger partial charge in [0.25, 0.3) is 0 Å². The van der Waals surface area contributed by atoms with Crippen LogP contribution in [0.1, 0.15) is 45.7 Å². The first-order chi connectivity index (χ1) is 10.6. The molecule has 0 bridgehead atoms. The molecule has 4 nitrogen and oxygen atoms in total. The highest BCUT2D eigenvalue weighted by Crippen LogP contribution is 2.52. The highest BCUT2D eigenvalue weighted by atomic mass is 35.5. The molecule has 1 N–H and O–H groups in total. The molecule has 0 saturated heterocycles. The van der Waals surface area contributed by atoms with Gasteiger partial charge in [0.1, 0.15) is 0 Å². The van der Waals surface area contributed by atoms with Gasteiger partial charge in [0.2, 0.25) is 0 Å². The molecule has 0 fully saturated rings. The summed E-state index contributed by atoms with van der Waals surface area (Å²) in [6.45, 7) is 8.91. The van der Waals surface area contributed by atoms with Crippen LogP contribution in [0, 0.1) is 11.8 Å². The van der Waals surface area contributed by atoms with E-state index in [4.69, 9.17) is 11.6 Å². The minimum Gasteiger partial charge on any atom is -0.322 e. The maximum atomic E-state index is 13.0. The predicted molar refractivity (Wildman–Crippen MR) is 98.7 cm³/mol. The van der Waals surface area contributed by atoms with Gasteiger partial charge in [0, 0.05) is 17.6 Å². The Balaban J connectivity index is 3.10. The van der Waals surface area contributed by atoms with Crippen molar-refractivity contribution in [3.8, 4) is 0 Å². The summed E-state index contributed by atoms with van der Waals surface area (Å²) in [4.78, 5) is 10.7. The van der Waals surface area contributed by atoms with Crippen LogP contribution >= 0.6 is 19.3 Å². The van der Waals surface area contributed by atoms with Gasteiger partial charge in [-0.15, -0.1) is 0 Å². The zero-order valence-electron chi connectivity index (χ0n) is 15.0. The monoisotopic (exact) mass is 360 g/mol. The fourth-order valence-corrected chi connectivity index (χ4v) is 4.43. The van der Waals surface area contributed by atoms with Crippen molar-refractivity contribution in [3.63, 3.8) is 0 Å². The highest BCUT2D eigenvalue weighted by Gasteiger charge is 2.36. The lowest BCUT2D eigenvalue weighted by Crippen LogP contribution is -2.32. The minimum atomic E-state index is -3.58. The van der Waals surface area contributed by atoms with E-state index in [0.717, 1.165) is 12.0 Å². The standard InChI is InChI=1S/C17H30ClN2O2P/c1-13(2)11-17(15-7-9-16(18)10-8-15)20(6)23(21,22)19(5)12-14(3)4/h7-10,13-14,17H,11-12H2,1-6H3,(H,21,22). The highest BCUT2D eigenvalue weighted by molar-refractivity contribution is 7.52. The molecule has 132 valence electrons. The average Bonchev–Trinajstić information content (AvgIpc) is 2.44. The van der Waals surface area contributed by atoms with Gasteiger partial charge in [-0.2, -0.15) is 0 Å². The SMILES string of the molecule is CC(C)CC(c1ccc(Cl)cc1)N(C)P(=O)(O)N(C)CC(C)C. The van der Waals surface area contributed by atoms with Gasteiger partial charge in [-0.25, -0.2) is 9.34 Å². The average molecular weight is 361 g/mol. The summed E-state index contributed by atoms with van der Waals surface area (Å²) in [5.74, 6) is 0.737. The molecule has 0 heterocycles. The number of halogens is 1. The molecule has 1 aromatic rings. The van der Waals surface area contributed by atoms with Crippen LogP contribution in [0.25, 0.3) is 0 Å². The van der Waals surface area contributed by atoms with Crippen molar-refractivity contribution < 1.29 is 9.46 Å². The van der Waals surface area contributed by atoms with E-state index in [0.29, 0.717) is 23.4 Å². The minimum absolute atomic E-state index is 0.127. The molecular formula is C17H30ClN2O2P. The summed E-state index contributed by atoms with van der Waals surface area (Å²) in [5, 5.41) is 0.670. The van der Waals surface area contributed by atoms with Gasteiger partial charge in [-0.1, -0.05) is 51.4 Å². The maximum Gasteiger partial charge on any atom is 0.343 e. The van der Waals surface area contributed by atoms with E-state index in [9.17, 15) is 9.46 Å². The molecular weight excluding hydrogens is 331 g/mol. The normalized spacial score (nSPS) is 16.3. The van der Waals surface area contributed by atoms with Gasteiger partial charge < -0.3 is 4.89 Å². The van der Waals surface area contributed by atoms with Crippen LogP contribution < -0.4 is 0 Å². The second-order valence-electron chi connectivity index (χ2n) is 7.02. The van der Waals surface area contributed by atoms with Crippen LogP contribution in [-0.4, -0.2) is 34.9 Å². The van der Waals surface area contributed by atoms with Crippen LogP contribution in [-0.2, 0) is 4.57 Å². The lowest BCUT2D eigenvalue weighted by molar-refractivity contribution is 0.241. The quantitative estimate of drug-likeness (QED) is 0.659. The molecule has 2 unspecified atom stereocenters. The molecule has 0 aromatic heterocycles. The van der Waals surface area contributed by atoms with Crippen LogP contribution in [0.15, 0.2) is 24.3 Å². The first kappa shape index (κ1) is 20.7. The maximum absolute atomic E-state index is 13.0. The van der Waals surface area contributed by atoms with Gasteiger partial charge in [0.05, 0.1) is 0 Å². The van der Waals surface area contributed by atoms with E-state index in [1.807, 2.05) is 38.1 Å². The van der Waals surface area contributed by atoms with Crippen molar-refractivity contribution in [1.29, 1.82) is 0 Å². The van der Waals surface area contributed by atoms with Gasteiger partial charge in [-0.05, 0) is 50.0 Å². The third kappa shape index (κ3) is 5.88. The Kier molecular flexibility index (Phi) is 7.76. The third-order valence-corrected chi connectivity index (χ3v) is 6.29. The molecule has 1 aromatic carbocycles. The fourth-order valence-electron chi connectivity index (χ4n) is 2.69. The smallest absolute Gasteiger partial charge is 0.322 e. The van der Waals surface area contributed by atoms with Crippen molar-refractivity contribution >= 4 is 19.3 Å². The van der Waals surface area contributed by atoms with E-state index in [1.54, 1.807) is 23.4 Å². The Hall–Kier alpha value is -0.380. The molecule has 0 saturated carbocycles. The Morgan fingerprint density at radius 2 is 1.61 bits per heavy atom. The summed E-state index contributed by atoms with van der Waals surface area (Å²) < 4.78 is 16.2. The lowest BCUT2D eigenvalue weighted by atomic mass is 9.97.